The molecule has 11 heteroatoms. The van der Waals surface area contributed by atoms with Crippen molar-refractivity contribution >= 4 is 16.8 Å². The number of aromatic nitrogens is 5. The number of ether oxygens (including phenoxy) is 1. The molecular weight excluding hydrogens is 450 g/mol. The first-order chi connectivity index (χ1) is 17.1. The number of para-hydroxylation sites is 1. The molecule has 1 N–H and O–H groups in total. The molecule has 11 nitrogen and oxygen atoms in total. The van der Waals surface area contributed by atoms with E-state index in [0.29, 0.717) is 56.5 Å². The maximum absolute atomic E-state index is 13.4. The molecule has 1 amide bonds. The minimum absolute atomic E-state index is 0.143. The molecule has 0 aliphatic carbocycles. The van der Waals surface area contributed by atoms with E-state index in [1.54, 1.807) is 28.8 Å². The van der Waals surface area contributed by atoms with Crippen molar-refractivity contribution in [2.45, 2.75) is 19.5 Å². The summed E-state index contributed by atoms with van der Waals surface area (Å²) in [5.41, 5.74) is 2.18. The van der Waals surface area contributed by atoms with Gasteiger partial charge < -0.3 is 19.0 Å². The summed E-state index contributed by atoms with van der Waals surface area (Å²) in [4.78, 5) is 33.1. The van der Waals surface area contributed by atoms with Crippen LogP contribution in [0.2, 0.25) is 0 Å². The molecule has 4 aromatic rings. The summed E-state index contributed by atoms with van der Waals surface area (Å²) >= 11 is 0. The quantitative estimate of drug-likeness (QED) is 0.426. The van der Waals surface area contributed by atoms with E-state index in [4.69, 9.17) is 9.15 Å². The number of nitrogens with one attached hydrogen (secondary N) is 1. The number of carbonyl (C=O) groups is 1. The first-order valence-electron chi connectivity index (χ1n) is 11.5. The summed E-state index contributed by atoms with van der Waals surface area (Å²) in [5.74, 6) is 0.736. The van der Waals surface area contributed by atoms with Crippen LogP contribution in [0.4, 0.5) is 0 Å². The Morgan fingerprint density at radius 1 is 1.20 bits per heavy atom. The van der Waals surface area contributed by atoms with Gasteiger partial charge in [0, 0.05) is 38.9 Å². The average Bonchev–Trinajstić information content (AvgIpc) is 3.57. The van der Waals surface area contributed by atoms with Gasteiger partial charge in [-0.05, 0) is 46.5 Å². The Kier molecular flexibility index (Phi) is 6.43. The first kappa shape index (κ1) is 22.9. The third-order valence-corrected chi connectivity index (χ3v) is 6.42. The number of pyridine rings is 1. The molecule has 3 aromatic heterocycles. The Labute approximate surface area is 201 Å². The van der Waals surface area contributed by atoms with Crippen molar-refractivity contribution in [3.05, 3.63) is 75.7 Å². The van der Waals surface area contributed by atoms with Gasteiger partial charge in [-0.25, -0.2) is 4.68 Å². The van der Waals surface area contributed by atoms with E-state index in [-0.39, 0.29) is 11.5 Å². The number of furan rings is 1. The van der Waals surface area contributed by atoms with Crippen LogP contribution in [-0.2, 0) is 11.3 Å². The number of nitrogens with zero attached hydrogens (tertiary/aromatic N) is 6. The van der Waals surface area contributed by atoms with E-state index in [1.807, 2.05) is 31.2 Å². The van der Waals surface area contributed by atoms with Crippen LogP contribution in [0.5, 0.6) is 0 Å². The van der Waals surface area contributed by atoms with Crippen LogP contribution in [-0.4, -0.2) is 80.8 Å². The zero-order chi connectivity index (χ0) is 24.4. The van der Waals surface area contributed by atoms with E-state index in [1.165, 1.54) is 6.26 Å². The third kappa shape index (κ3) is 4.47. The predicted octanol–water partition coefficient (Wildman–Crippen LogP) is 1.61. The topological polar surface area (TPSA) is 122 Å². The highest BCUT2D eigenvalue weighted by molar-refractivity contribution is 5.91. The highest BCUT2D eigenvalue weighted by atomic mass is 16.5. The summed E-state index contributed by atoms with van der Waals surface area (Å²) < 4.78 is 12.2. The molecular formula is C24H27N7O4. The number of aryl methyl sites for hydroxylation is 1. The first-order valence-corrected chi connectivity index (χ1v) is 11.5. The minimum Gasteiger partial charge on any atom is -0.459 e. The number of methoxy groups -OCH3 is 1. The van der Waals surface area contributed by atoms with Gasteiger partial charge in [0.1, 0.15) is 6.04 Å². The van der Waals surface area contributed by atoms with Crippen molar-refractivity contribution in [3.8, 4) is 0 Å². The van der Waals surface area contributed by atoms with E-state index < -0.39 is 6.04 Å². The second kappa shape index (κ2) is 9.80. The summed E-state index contributed by atoms with van der Waals surface area (Å²) in [6.07, 6.45) is 1.49. The monoisotopic (exact) mass is 477 g/mol. The number of hydrogen-bond acceptors (Lipinski definition) is 8. The van der Waals surface area contributed by atoms with Gasteiger partial charge >= 0.3 is 0 Å². The molecule has 5 rings (SSSR count). The summed E-state index contributed by atoms with van der Waals surface area (Å²) in [6.45, 7) is 4.91. The normalized spacial score (nSPS) is 15.5. The lowest BCUT2D eigenvalue weighted by atomic mass is 10.0. The SMILES string of the molecule is COCCn1nnnc1[C@@H](c1cc2cccc(C)c2[nH]c1=O)N1CCN(C(=O)c2ccco2)CC1. The maximum atomic E-state index is 13.4. The average molecular weight is 478 g/mol. The number of aromatic amines is 1. The highest BCUT2D eigenvalue weighted by Crippen LogP contribution is 2.28. The Bertz CT molecular complexity index is 1370. The summed E-state index contributed by atoms with van der Waals surface area (Å²) in [5, 5.41) is 13.3. The van der Waals surface area contributed by atoms with Crippen LogP contribution in [0.3, 0.4) is 0 Å². The number of tetrazole rings is 1. The Morgan fingerprint density at radius 2 is 2.03 bits per heavy atom. The van der Waals surface area contributed by atoms with Crippen molar-refractivity contribution in [2.24, 2.45) is 0 Å². The molecule has 1 aliphatic heterocycles. The van der Waals surface area contributed by atoms with Crippen LogP contribution < -0.4 is 5.56 Å². The Morgan fingerprint density at radius 3 is 2.77 bits per heavy atom. The Balaban J connectivity index is 1.50. The van der Waals surface area contributed by atoms with E-state index in [2.05, 4.69) is 25.4 Å². The lowest BCUT2D eigenvalue weighted by Crippen LogP contribution is -2.50. The van der Waals surface area contributed by atoms with Gasteiger partial charge in [-0.3, -0.25) is 14.5 Å². The fraction of sp³-hybridized carbons (Fsp3) is 0.375. The number of carbonyl (C=O) groups excluding carboxylic acids is 1. The van der Waals surface area contributed by atoms with Gasteiger partial charge in [-0.15, -0.1) is 5.10 Å². The third-order valence-electron chi connectivity index (χ3n) is 6.42. The molecule has 35 heavy (non-hydrogen) atoms. The zero-order valence-electron chi connectivity index (χ0n) is 19.7. The smallest absolute Gasteiger partial charge is 0.289 e. The number of H-pyrrole nitrogens is 1. The van der Waals surface area contributed by atoms with E-state index in [9.17, 15) is 9.59 Å². The molecule has 0 unspecified atom stereocenters. The van der Waals surface area contributed by atoms with Gasteiger partial charge in [0.25, 0.3) is 11.5 Å². The number of hydrogen-bond donors (Lipinski definition) is 1. The van der Waals surface area contributed by atoms with Crippen LogP contribution in [0.1, 0.15) is 33.5 Å². The zero-order valence-corrected chi connectivity index (χ0v) is 19.7. The van der Waals surface area contributed by atoms with Crippen molar-refractivity contribution in [3.63, 3.8) is 0 Å². The number of piperazine rings is 1. The number of benzene rings is 1. The van der Waals surface area contributed by atoms with Gasteiger partial charge in [0.05, 0.1) is 24.9 Å². The van der Waals surface area contributed by atoms with Crippen LogP contribution in [0, 0.1) is 6.92 Å². The maximum Gasteiger partial charge on any atom is 0.289 e. The van der Waals surface area contributed by atoms with E-state index in [0.717, 1.165) is 16.5 Å². The fourth-order valence-corrected chi connectivity index (χ4v) is 4.59. The fourth-order valence-electron chi connectivity index (χ4n) is 4.59. The minimum atomic E-state index is -0.489. The molecule has 1 atom stereocenters. The van der Waals surface area contributed by atoms with Gasteiger partial charge in [-0.2, -0.15) is 0 Å². The molecule has 0 radical (unpaired) electrons. The van der Waals surface area contributed by atoms with Crippen LogP contribution in [0.15, 0.2) is 51.9 Å². The van der Waals surface area contributed by atoms with Crippen LogP contribution >= 0.6 is 0 Å². The van der Waals surface area contributed by atoms with E-state index >= 15 is 0 Å². The summed E-state index contributed by atoms with van der Waals surface area (Å²) in [7, 11) is 1.62. The Hall–Kier alpha value is -3.83. The molecule has 1 aliphatic rings. The number of rotatable bonds is 7. The molecule has 182 valence electrons. The van der Waals surface area contributed by atoms with Gasteiger partial charge in [0.15, 0.2) is 11.6 Å². The van der Waals surface area contributed by atoms with Crippen molar-refractivity contribution in [1.82, 2.24) is 35.0 Å². The largest absolute Gasteiger partial charge is 0.459 e. The predicted molar refractivity (Wildman–Crippen MR) is 127 cm³/mol. The molecule has 4 heterocycles. The molecule has 1 saturated heterocycles. The van der Waals surface area contributed by atoms with Crippen molar-refractivity contribution in [1.29, 1.82) is 0 Å². The lowest BCUT2D eigenvalue weighted by Gasteiger charge is -2.38. The summed E-state index contributed by atoms with van der Waals surface area (Å²) in [6, 6.07) is 10.7. The second-order valence-corrected chi connectivity index (χ2v) is 8.55. The number of fused-ring (bicyclic) bond motifs is 1. The molecule has 0 bridgehead atoms. The highest BCUT2D eigenvalue weighted by Gasteiger charge is 2.34. The molecule has 0 spiro atoms. The second-order valence-electron chi connectivity index (χ2n) is 8.55. The van der Waals surface area contributed by atoms with Crippen LogP contribution in [0.25, 0.3) is 10.9 Å². The lowest BCUT2D eigenvalue weighted by molar-refractivity contribution is 0.0557. The molecule has 0 saturated carbocycles. The van der Waals surface area contributed by atoms with Gasteiger partial charge in [-0.1, -0.05) is 18.2 Å². The van der Waals surface area contributed by atoms with Crippen molar-refractivity contribution < 1.29 is 13.9 Å². The standard InChI is InChI=1S/C24H27N7O4/c1-16-5-3-6-17-15-18(23(32)25-20(16)17)21(22-26-27-28-31(22)12-14-34-2)29-8-10-30(11-9-29)24(33)19-7-4-13-35-19/h3-7,13,15,21H,8-12,14H2,1-2H3,(H,25,32)/t21-/m1/s1. The molecule has 1 fully saturated rings. The van der Waals surface area contributed by atoms with Gasteiger partial charge in [0.2, 0.25) is 0 Å². The molecule has 1 aromatic carbocycles. The number of amides is 1. The van der Waals surface area contributed by atoms with Crippen molar-refractivity contribution in [2.75, 3.05) is 39.9 Å².